The Balaban J connectivity index is 1.87. The van der Waals surface area contributed by atoms with Crippen LogP contribution in [-0.4, -0.2) is 36.9 Å². The van der Waals surface area contributed by atoms with Crippen molar-refractivity contribution in [2.75, 3.05) is 6.54 Å². The third-order valence-electron chi connectivity index (χ3n) is 3.52. The van der Waals surface area contributed by atoms with Gasteiger partial charge in [-0.2, -0.15) is 0 Å². The van der Waals surface area contributed by atoms with E-state index in [0.29, 0.717) is 4.88 Å². The Morgan fingerprint density at radius 1 is 1.50 bits per heavy atom. The van der Waals surface area contributed by atoms with Crippen molar-refractivity contribution < 1.29 is 4.79 Å². The van der Waals surface area contributed by atoms with Crippen molar-refractivity contribution in [1.82, 2.24) is 24.5 Å². The van der Waals surface area contributed by atoms with E-state index in [1.807, 2.05) is 11.8 Å². The first kappa shape index (κ1) is 13.1. The number of nitrogens with zero attached hydrogens (tertiary/aromatic N) is 5. The molecule has 3 heterocycles. The summed E-state index contributed by atoms with van der Waals surface area (Å²) in [5.74, 6) is 0.0185. The molecule has 104 valence electrons. The third-order valence-corrected chi connectivity index (χ3v) is 4.28. The zero-order chi connectivity index (χ0) is 13.9. The summed E-state index contributed by atoms with van der Waals surface area (Å²) in [7, 11) is 0. The largest absolute Gasteiger partial charge is 0.329 e. The molecule has 1 saturated heterocycles. The number of carbonyl (C=O) groups excluding carboxylic acids is 1. The van der Waals surface area contributed by atoms with Gasteiger partial charge in [-0.15, -0.1) is 5.10 Å². The molecule has 0 spiro atoms. The molecule has 2 aromatic heterocycles. The average molecular weight is 289 g/mol. The number of aryl methyl sites for hydroxylation is 1. The lowest BCUT2D eigenvalue weighted by atomic mass is 10.1. The van der Waals surface area contributed by atoms with Crippen molar-refractivity contribution in [1.29, 1.82) is 0 Å². The number of aromatic nitrogens is 4. The molecule has 0 radical (unpaired) electrons. The predicted octanol–water partition coefficient (Wildman–Crippen LogP) is 1.87. The molecule has 0 aliphatic carbocycles. The first-order valence-electron chi connectivity index (χ1n) is 6.69. The van der Waals surface area contributed by atoms with Gasteiger partial charge < -0.3 is 4.90 Å². The van der Waals surface area contributed by atoms with E-state index in [2.05, 4.69) is 19.6 Å². The van der Waals surface area contributed by atoms with Crippen LogP contribution in [0.3, 0.4) is 0 Å². The van der Waals surface area contributed by atoms with Crippen LogP contribution in [0.1, 0.15) is 46.9 Å². The summed E-state index contributed by atoms with van der Waals surface area (Å²) in [6.45, 7) is 2.73. The normalized spacial score (nSPS) is 18.4. The van der Waals surface area contributed by atoms with Gasteiger partial charge in [-0.1, -0.05) is 11.4 Å². The van der Waals surface area contributed by atoms with Gasteiger partial charge in [-0.3, -0.25) is 14.8 Å². The third kappa shape index (κ3) is 2.29. The number of hydrogen-bond acceptors (Lipinski definition) is 6. The molecule has 1 amide bonds. The predicted molar refractivity (Wildman–Crippen MR) is 74.3 cm³/mol. The Morgan fingerprint density at radius 2 is 2.40 bits per heavy atom. The summed E-state index contributed by atoms with van der Waals surface area (Å²) < 4.78 is 3.90. The molecule has 0 saturated carbocycles. The van der Waals surface area contributed by atoms with Crippen LogP contribution in [0.2, 0.25) is 0 Å². The maximum Gasteiger partial charge on any atom is 0.268 e. The molecule has 2 aromatic rings. The van der Waals surface area contributed by atoms with E-state index in [4.69, 9.17) is 0 Å². The molecule has 1 aliphatic rings. The SMILES string of the molecule is CCc1nnsc1C(=O)N1CCC[C@H]1c1cnccn1. The number of hydrogen-bond donors (Lipinski definition) is 0. The molecule has 1 atom stereocenters. The van der Waals surface area contributed by atoms with Crippen molar-refractivity contribution in [3.63, 3.8) is 0 Å². The van der Waals surface area contributed by atoms with E-state index in [-0.39, 0.29) is 11.9 Å². The van der Waals surface area contributed by atoms with Gasteiger partial charge in [-0.25, -0.2) is 0 Å². The molecule has 1 fully saturated rings. The van der Waals surface area contributed by atoms with Gasteiger partial charge in [0.15, 0.2) is 0 Å². The summed E-state index contributed by atoms with van der Waals surface area (Å²) in [6, 6.07) is 0.0167. The van der Waals surface area contributed by atoms with Gasteiger partial charge >= 0.3 is 0 Å². The van der Waals surface area contributed by atoms with E-state index < -0.39 is 0 Å². The summed E-state index contributed by atoms with van der Waals surface area (Å²) in [4.78, 5) is 23.6. The topological polar surface area (TPSA) is 71.9 Å². The standard InChI is InChI=1S/C13H15N5OS/c1-2-9-12(20-17-16-9)13(19)18-7-3-4-11(18)10-8-14-5-6-15-10/h5-6,8,11H,2-4,7H2,1H3/t11-/m0/s1. The second kappa shape index (κ2) is 5.62. The zero-order valence-electron chi connectivity index (χ0n) is 11.2. The average Bonchev–Trinajstić information content (AvgIpc) is 3.16. The van der Waals surface area contributed by atoms with Gasteiger partial charge in [0.05, 0.1) is 23.6 Å². The van der Waals surface area contributed by atoms with Crippen LogP contribution in [0.5, 0.6) is 0 Å². The van der Waals surface area contributed by atoms with Crippen LogP contribution in [0.15, 0.2) is 18.6 Å². The summed E-state index contributed by atoms with van der Waals surface area (Å²) in [5.41, 5.74) is 1.64. The van der Waals surface area contributed by atoms with Crippen molar-refractivity contribution in [3.05, 3.63) is 34.9 Å². The quantitative estimate of drug-likeness (QED) is 0.862. The second-order valence-corrected chi connectivity index (χ2v) is 5.44. The van der Waals surface area contributed by atoms with Crippen molar-refractivity contribution >= 4 is 17.4 Å². The first-order chi connectivity index (χ1) is 9.81. The maximum atomic E-state index is 12.7. The van der Waals surface area contributed by atoms with Crippen LogP contribution in [0.4, 0.5) is 0 Å². The fraction of sp³-hybridized carbons (Fsp3) is 0.462. The molecule has 20 heavy (non-hydrogen) atoms. The van der Waals surface area contributed by atoms with Crippen LogP contribution >= 0.6 is 11.5 Å². The molecule has 0 aromatic carbocycles. The molecule has 0 N–H and O–H groups in total. The van der Waals surface area contributed by atoms with Gasteiger partial charge in [0.2, 0.25) is 0 Å². The van der Waals surface area contributed by atoms with E-state index in [0.717, 1.165) is 37.2 Å². The lowest BCUT2D eigenvalue weighted by Gasteiger charge is -2.23. The van der Waals surface area contributed by atoms with E-state index >= 15 is 0 Å². The smallest absolute Gasteiger partial charge is 0.268 e. The summed E-state index contributed by atoms with van der Waals surface area (Å²) in [5, 5.41) is 4.02. The van der Waals surface area contributed by atoms with E-state index in [1.165, 1.54) is 11.5 Å². The highest BCUT2D eigenvalue weighted by atomic mass is 32.1. The molecule has 7 heteroatoms. The zero-order valence-corrected chi connectivity index (χ0v) is 12.0. The Morgan fingerprint density at radius 3 is 3.15 bits per heavy atom. The molecular weight excluding hydrogens is 274 g/mol. The van der Waals surface area contributed by atoms with Crippen molar-refractivity contribution in [2.45, 2.75) is 32.2 Å². The van der Waals surface area contributed by atoms with Gasteiger partial charge in [0.25, 0.3) is 5.91 Å². The highest BCUT2D eigenvalue weighted by Gasteiger charge is 2.33. The highest BCUT2D eigenvalue weighted by molar-refractivity contribution is 7.08. The molecule has 3 rings (SSSR count). The fourth-order valence-corrected chi connectivity index (χ4v) is 3.24. The Kier molecular flexibility index (Phi) is 3.68. The number of likely N-dealkylation sites (tertiary alicyclic amines) is 1. The van der Waals surface area contributed by atoms with Crippen LogP contribution in [0.25, 0.3) is 0 Å². The molecule has 0 unspecified atom stereocenters. The minimum atomic E-state index is 0.0167. The minimum Gasteiger partial charge on any atom is -0.329 e. The molecule has 6 nitrogen and oxygen atoms in total. The van der Waals surface area contributed by atoms with E-state index in [1.54, 1.807) is 18.6 Å². The number of carbonyl (C=O) groups is 1. The minimum absolute atomic E-state index is 0.0167. The van der Waals surface area contributed by atoms with Crippen LogP contribution in [0, 0.1) is 0 Å². The summed E-state index contributed by atoms with van der Waals surface area (Å²) in [6.07, 6.45) is 7.69. The number of amides is 1. The maximum absolute atomic E-state index is 12.7. The number of rotatable bonds is 3. The van der Waals surface area contributed by atoms with Gasteiger partial charge in [0.1, 0.15) is 4.88 Å². The van der Waals surface area contributed by atoms with Gasteiger partial charge in [-0.05, 0) is 30.8 Å². The monoisotopic (exact) mass is 289 g/mol. The van der Waals surface area contributed by atoms with Crippen molar-refractivity contribution in [2.24, 2.45) is 0 Å². The van der Waals surface area contributed by atoms with Crippen LogP contribution in [-0.2, 0) is 6.42 Å². The lowest BCUT2D eigenvalue weighted by molar-refractivity contribution is 0.0736. The molecule has 0 bridgehead atoms. The fourth-order valence-electron chi connectivity index (χ4n) is 2.53. The van der Waals surface area contributed by atoms with Gasteiger partial charge in [0, 0.05) is 18.9 Å². The van der Waals surface area contributed by atoms with E-state index in [9.17, 15) is 4.79 Å². The second-order valence-electron chi connectivity index (χ2n) is 4.69. The molecular formula is C13H15N5OS. The highest BCUT2D eigenvalue weighted by Crippen LogP contribution is 2.32. The van der Waals surface area contributed by atoms with Crippen LogP contribution < -0.4 is 0 Å². The Bertz CT molecular complexity index is 600. The van der Waals surface area contributed by atoms with Crippen molar-refractivity contribution in [3.8, 4) is 0 Å². The lowest BCUT2D eigenvalue weighted by Crippen LogP contribution is -2.31. The Labute approximate surface area is 121 Å². The summed E-state index contributed by atoms with van der Waals surface area (Å²) >= 11 is 1.18. The molecule has 1 aliphatic heterocycles. The first-order valence-corrected chi connectivity index (χ1v) is 7.46. The Hall–Kier alpha value is -1.89.